The molecule has 2 aromatic rings. The van der Waals surface area contributed by atoms with E-state index in [0.29, 0.717) is 5.78 Å². The Morgan fingerprint density at radius 3 is 3.05 bits per heavy atom. The van der Waals surface area contributed by atoms with Crippen LogP contribution in [0.1, 0.15) is 49.4 Å². The fourth-order valence-electron chi connectivity index (χ4n) is 3.36. The molecule has 20 heavy (non-hydrogen) atoms. The monoisotopic (exact) mass is 267 g/mol. The number of carbonyl (C=O) groups excluding carboxylic acids is 1. The first-order chi connectivity index (χ1) is 9.78. The van der Waals surface area contributed by atoms with E-state index in [1.165, 1.54) is 19.3 Å². The van der Waals surface area contributed by atoms with Crippen LogP contribution in [0.3, 0.4) is 0 Å². The Morgan fingerprint density at radius 1 is 1.30 bits per heavy atom. The number of hydrogen-bond donors (Lipinski definition) is 0. The normalized spacial score (nSPS) is 22.9. The van der Waals surface area contributed by atoms with Gasteiger partial charge in [0.2, 0.25) is 0 Å². The molecule has 0 bridgehead atoms. The summed E-state index contributed by atoms with van der Waals surface area (Å²) >= 11 is 0. The molecule has 1 fully saturated rings. The molecule has 1 aromatic heterocycles. The number of benzene rings is 1. The van der Waals surface area contributed by atoms with Crippen molar-refractivity contribution in [2.24, 2.45) is 11.8 Å². The summed E-state index contributed by atoms with van der Waals surface area (Å²) < 4.78 is 0. The van der Waals surface area contributed by atoms with Crippen molar-refractivity contribution < 1.29 is 4.79 Å². The lowest BCUT2D eigenvalue weighted by Crippen LogP contribution is -2.22. The summed E-state index contributed by atoms with van der Waals surface area (Å²) in [4.78, 5) is 17.0. The predicted molar refractivity (Wildman–Crippen MR) is 81.8 cm³/mol. The molecule has 0 N–H and O–H groups in total. The van der Waals surface area contributed by atoms with E-state index in [-0.39, 0.29) is 5.92 Å². The predicted octanol–water partition coefficient (Wildman–Crippen LogP) is 4.63. The first kappa shape index (κ1) is 13.3. The lowest BCUT2D eigenvalue weighted by molar-refractivity contribution is 0.0862. The number of fused-ring (bicyclic) bond motifs is 1. The molecule has 0 aliphatic heterocycles. The number of ketones is 1. The van der Waals surface area contributed by atoms with Gasteiger partial charge in [0.1, 0.15) is 0 Å². The van der Waals surface area contributed by atoms with Crippen molar-refractivity contribution in [2.45, 2.75) is 39.0 Å². The lowest BCUT2D eigenvalue weighted by atomic mass is 9.77. The van der Waals surface area contributed by atoms with Gasteiger partial charge in [-0.3, -0.25) is 9.78 Å². The van der Waals surface area contributed by atoms with Crippen LogP contribution in [0.25, 0.3) is 10.9 Å². The van der Waals surface area contributed by atoms with Crippen molar-refractivity contribution in [3.8, 4) is 0 Å². The van der Waals surface area contributed by atoms with E-state index < -0.39 is 0 Å². The minimum Gasteiger partial charge on any atom is -0.294 e. The van der Waals surface area contributed by atoms with Crippen LogP contribution in [0.5, 0.6) is 0 Å². The average Bonchev–Trinajstić information content (AvgIpc) is 2.53. The van der Waals surface area contributed by atoms with Gasteiger partial charge < -0.3 is 0 Å². The maximum atomic E-state index is 12.7. The number of rotatable bonds is 3. The summed E-state index contributed by atoms with van der Waals surface area (Å²) in [6, 6.07) is 9.88. The number of carbonyl (C=O) groups is 1. The minimum atomic E-state index is 0.217. The van der Waals surface area contributed by atoms with Crippen molar-refractivity contribution in [1.82, 2.24) is 4.98 Å². The summed E-state index contributed by atoms with van der Waals surface area (Å²) in [7, 11) is 0. The van der Waals surface area contributed by atoms with Crippen LogP contribution in [0.15, 0.2) is 36.5 Å². The molecule has 0 amide bonds. The molecule has 2 atom stereocenters. The van der Waals surface area contributed by atoms with Gasteiger partial charge in [-0.25, -0.2) is 0 Å². The van der Waals surface area contributed by atoms with Gasteiger partial charge in [0, 0.05) is 23.1 Å². The molecule has 1 aliphatic carbocycles. The van der Waals surface area contributed by atoms with Gasteiger partial charge in [0.15, 0.2) is 5.78 Å². The zero-order valence-corrected chi connectivity index (χ0v) is 12.0. The molecule has 1 saturated carbocycles. The summed E-state index contributed by atoms with van der Waals surface area (Å²) in [5.41, 5.74) is 1.75. The van der Waals surface area contributed by atoms with Crippen molar-refractivity contribution in [2.75, 3.05) is 0 Å². The summed E-state index contributed by atoms with van der Waals surface area (Å²) in [6.45, 7) is 2.23. The van der Waals surface area contributed by atoms with Crippen molar-refractivity contribution >= 4 is 16.7 Å². The number of Topliss-reactive ketones (excluding diaryl/α,β-unsaturated/α-hetero) is 1. The summed E-state index contributed by atoms with van der Waals surface area (Å²) in [5, 5.41) is 1.10. The highest BCUT2D eigenvalue weighted by atomic mass is 16.1. The fourth-order valence-corrected chi connectivity index (χ4v) is 3.36. The van der Waals surface area contributed by atoms with E-state index in [9.17, 15) is 4.79 Å². The highest BCUT2D eigenvalue weighted by Crippen LogP contribution is 2.33. The standard InChI is InChI=1S/C18H21NO/c1-2-13-5-3-6-15(11-13)18(20)16-9-8-14-7-4-10-19-17(14)12-16/h4,7-10,12-13,15H,2-3,5-6,11H2,1H3. The Kier molecular flexibility index (Phi) is 3.81. The van der Waals surface area contributed by atoms with Crippen LogP contribution < -0.4 is 0 Å². The Bertz CT molecular complexity index is 620. The van der Waals surface area contributed by atoms with Gasteiger partial charge >= 0.3 is 0 Å². The number of aromatic nitrogens is 1. The maximum absolute atomic E-state index is 12.7. The molecule has 1 aromatic carbocycles. The van der Waals surface area contributed by atoms with E-state index >= 15 is 0 Å². The zero-order chi connectivity index (χ0) is 13.9. The summed E-state index contributed by atoms with van der Waals surface area (Å²) in [6.07, 6.45) is 7.58. The lowest BCUT2D eigenvalue weighted by Gasteiger charge is -2.27. The molecule has 2 nitrogen and oxygen atoms in total. The van der Waals surface area contributed by atoms with Crippen LogP contribution in [-0.2, 0) is 0 Å². The molecule has 3 rings (SSSR count). The largest absolute Gasteiger partial charge is 0.294 e. The van der Waals surface area contributed by atoms with E-state index in [1.54, 1.807) is 6.20 Å². The van der Waals surface area contributed by atoms with E-state index in [1.807, 2.05) is 30.3 Å². The first-order valence-electron chi connectivity index (χ1n) is 7.67. The highest BCUT2D eigenvalue weighted by molar-refractivity contribution is 6.00. The van der Waals surface area contributed by atoms with Crippen LogP contribution in [0, 0.1) is 11.8 Å². The molecule has 2 unspecified atom stereocenters. The van der Waals surface area contributed by atoms with E-state index in [0.717, 1.165) is 35.2 Å². The van der Waals surface area contributed by atoms with Gasteiger partial charge in [0.05, 0.1) is 5.52 Å². The quantitative estimate of drug-likeness (QED) is 0.759. The number of pyridine rings is 1. The molecule has 0 saturated heterocycles. The van der Waals surface area contributed by atoms with Crippen molar-refractivity contribution in [1.29, 1.82) is 0 Å². The van der Waals surface area contributed by atoms with E-state index in [4.69, 9.17) is 0 Å². The summed E-state index contributed by atoms with van der Waals surface area (Å²) in [5.74, 6) is 1.27. The van der Waals surface area contributed by atoms with Crippen molar-refractivity contribution in [3.05, 3.63) is 42.1 Å². The first-order valence-corrected chi connectivity index (χ1v) is 7.67. The highest BCUT2D eigenvalue weighted by Gasteiger charge is 2.27. The second kappa shape index (κ2) is 5.74. The molecule has 1 heterocycles. The molecule has 104 valence electrons. The molecule has 2 heteroatoms. The van der Waals surface area contributed by atoms with Crippen molar-refractivity contribution in [3.63, 3.8) is 0 Å². The number of nitrogens with zero attached hydrogens (tertiary/aromatic N) is 1. The molecule has 1 aliphatic rings. The van der Waals surface area contributed by atoms with E-state index in [2.05, 4.69) is 11.9 Å². The minimum absolute atomic E-state index is 0.217. The maximum Gasteiger partial charge on any atom is 0.166 e. The van der Waals surface area contributed by atoms with Crippen LogP contribution in [-0.4, -0.2) is 10.8 Å². The third-order valence-corrected chi connectivity index (χ3v) is 4.62. The SMILES string of the molecule is CCC1CCCC(C(=O)c2ccc3cccnc3c2)C1. The fraction of sp³-hybridized carbons (Fsp3) is 0.444. The zero-order valence-electron chi connectivity index (χ0n) is 12.0. The third-order valence-electron chi connectivity index (χ3n) is 4.62. The third kappa shape index (κ3) is 2.60. The Morgan fingerprint density at radius 2 is 2.20 bits per heavy atom. The second-order valence-corrected chi connectivity index (χ2v) is 5.91. The smallest absolute Gasteiger partial charge is 0.166 e. The molecule has 0 spiro atoms. The molecule has 0 radical (unpaired) electrons. The average molecular weight is 267 g/mol. The molecular formula is C18H21NO. The Hall–Kier alpha value is -1.70. The van der Waals surface area contributed by atoms with Crippen LogP contribution >= 0.6 is 0 Å². The Balaban J connectivity index is 1.84. The van der Waals surface area contributed by atoms with Gasteiger partial charge in [0.25, 0.3) is 0 Å². The Labute approximate surface area is 120 Å². The van der Waals surface area contributed by atoms with Gasteiger partial charge in [-0.05, 0) is 30.9 Å². The van der Waals surface area contributed by atoms with Crippen LogP contribution in [0.2, 0.25) is 0 Å². The molecular weight excluding hydrogens is 246 g/mol. The van der Waals surface area contributed by atoms with Gasteiger partial charge in [-0.1, -0.05) is 44.4 Å². The number of hydrogen-bond acceptors (Lipinski definition) is 2. The van der Waals surface area contributed by atoms with Gasteiger partial charge in [-0.15, -0.1) is 0 Å². The topological polar surface area (TPSA) is 30.0 Å². The van der Waals surface area contributed by atoms with Crippen LogP contribution in [0.4, 0.5) is 0 Å². The van der Waals surface area contributed by atoms with Gasteiger partial charge in [-0.2, -0.15) is 0 Å². The second-order valence-electron chi connectivity index (χ2n) is 5.91.